The summed E-state index contributed by atoms with van der Waals surface area (Å²) in [6.07, 6.45) is -9.44. The van der Waals surface area contributed by atoms with E-state index >= 15 is 0 Å². The smallest absolute Gasteiger partial charge is 0.405 e. The number of piperazine rings is 1. The van der Waals surface area contributed by atoms with E-state index < -0.39 is 35.7 Å². The summed E-state index contributed by atoms with van der Waals surface area (Å²) in [5.74, 6) is -2.02. The van der Waals surface area contributed by atoms with Crippen LogP contribution in [-0.4, -0.2) is 54.2 Å². The van der Waals surface area contributed by atoms with Gasteiger partial charge >= 0.3 is 12.5 Å². The zero-order chi connectivity index (χ0) is 26.8. The van der Waals surface area contributed by atoms with Gasteiger partial charge in [-0.05, 0) is 30.3 Å². The summed E-state index contributed by atoms with van der Waals surface area (Å²) < 4.78 is 80.7. The number of halogens is 6. The van der Waals surface area contributed by atoms with Crippen molar-refractivity contribution in [1.82, 2.24) is 9.88 Å². The standard InChI is InChI=1S/C23H18F6N4O3S/c24-22(25,26)14-4-3-5-15(12-14)32-8-10-33(11-9-32)20(35)17-13-37-21(30-17)31-19(34)16-6-1-2-7-18(16)36-23(27,28)29/h1-7,12-13H,8-11H2,(H,30,31,34). The Morgan fingerprint density at radius 3 is 2.32 bits per heavy atom. The summed E-state index contributed by atoms with van der Waals surface area (Å²) in [6.45, 7) is 1.07. The maximum atomic E-state index is 13.0. The minimum atomic E-state index is -4.98. The molecule has 7 nitrogen and oxygen atoms in total. The number of nitrogens with one attached hydrogen (secondary N) is 1. The Morgan fingerprint density at radius 1 is 0.946 bits per heavy atom. The van der Waals surface area contributed by atoms with Gasteiger partial charge in [-0.1, -0.05) is 18.2 Å². The lowest BCUT2D eigenvalue weighted by molar-refractivity contribution is -0.274. The lowest BCUT2D eigenvalue weighted by atomic mass is 10.1. The van der Waals surface area contributed by atoms with Crippen molar-refractivity contribution >= 4 is 34.0 Å². The molecule has 1 saturated heterocycles. The van der Waals surface area contributed by atoms with Crippen molar-refractivity contribution in [1.29, 1.82) is 0 Å². The number of carbonyl (C=O) groups is 2. The molecule has 2 heterocycles. The summed E-state index contributed by atoms with van der Waals surface area (Å²) in [5, 5.41) is 3.75. The van der Waals surface area contributed by atoms with Gasteiger partial charge in [-0.3, -0.25) is 14.9 Å². The van der Waals surface area contributed by atoms with Gasteiger partial charge in [-0.2, -0.15) is 13.2 Å². The molecular weight excluding hydrogens is 526 g/mol. The van der Waals surface area contributed by atoms with E-state index in [1.807, 2.05) is 0 Å². The Balaban J connectivity index is 1.37. The van der Waals surface area contributed by atoms with Crippen LogP contribution in [0.4, 0.5) is 37.2 Å². The first kappa shape index (κ1) is 26.3. The number of anilines is 2. The zero-order valence-corrected chi connectivity index (χ0v) is 19.6. The number of ether oxygens (including phenoxy) is 1. The summed E-state index contributed by atoms with van der Waals surface area (Å²) in [5.41, 5.74) is -0.704. The van der Waals surface area contributed by atoms with Crippen molar-refractivity contribution < 1.29 is 40.7 Å². The molecule has 37 heavy (non-hydrogen) atoms. The van der Waals surface area contributed by atoms with Gasteiger partial charge in [0.25, 0.3) is 11.8 Å². The number of carbonyl (C=O) groups excluding carboxylic acids is 2. The van der Waals surface area contributed by atoms with Gasteiger partial charge in [0.1, 0.15) is 11.4 Å². The van der Waals surface area contributed by atoms with Gasteiger partial charge in [0.05, 0.1) is 11.1 Å². The Bertz CT molecular complexity index is 1290. The minimum absolute atomic E-state index is 0.00207. The van der Waals surface area contributed by atoms with Crippen LogP contribution in [-0.2, 0) is 6.18 Å². The van der Waals surface area contributed by atoms with Crippen LogP contribution in [0.3, 0.4) is 0 Å². The molecule has 0 atom stereocenters. The van der Waals surface area contributed by atoms with Crippen molar-refractivity contribution in [2.45, 2.75) is 12.5 Å². The summed E-state index contributed by atoms with van der Waals surface area (Å²) in [6, 6.07) is 9.75. The van der Waals surface area contributed by atoms with E-state index in [0.717, 1.165) is 35.6 Å². The van der Waals surface area contributed by atoms with Crippen molar-refractivity contribution in [3.8, 4) is 5.75 Å². The quantitative estimate of drug-likeness (QED) is 0.443. The molecule has 3 aromatic rings. The van der Waals surface area contributed by atoms with E-state index in [1.54, 1.807) is 11.0 Å². The first-order valence-electron chi connectivity index (χ1n) is 10.7. The minimum Gasteiger partial charge on any atom is -0.405 e. The number of alkyl halides is 6. The largest absolute Gasteiger partial charge is 0.573 e. The van der Waals surface area contributed by atoms with Crippen LogP contribution in [0.2, 0.25) is 0 Å². The highest BCUT2D eigenvalue weighted by molar-refractivity contribution is 7.14. The molecular formula is C23H18F6N4O3S. The Morgan fingerprint density at radius 2 is 1.65 bits per heavy atom. The number of rotatable bonds is 5. The van der Waals surface area contributed by atoms with Gasteiger partial charge in [0.15, 0.2) is 5.13 Å². The molecule has 4 rings (SSSR count). The van der Waals surface area contributed by atoms with Crippen LogP contribution in [0.25, 0.3) is 0 Å². The monoisotopic (exact) mass is 544 g/mol. The number of hydrogen-bond acceptors (Lipinski definition) is 6. The Hall–Kier alpha value is -3.81. The molecule has 0 unspecified atom stereocenters. The van der Waals surface area contributed by atoms with E-state index in [-0.39, 0.29) is 29.5 Å². The molecule has 2 aromatic carbocycles. The number of hydrogen-bond donors (Lipinski definition) is 1. The van der Waals surface area contributed by atoms with Crippen LogP contribution >= 0.6 is 11.3 Å². The van der Waals surface area contributed by atoms with Gasteiger partial charge in [-0.15, -0.1) is 24.5 Å². The number of amides is 2. The predicted molar refractivity (Wildman–Crippen MR) is 123 cm³/mol. The molecule has 0 bridgehead atoms. The van der Waals surface area contributed by atoms with Crippen LogP contribution in [0.1, 0.15) is 26.4 Å². The third-order valence-corrected chi connectivity index (χ3v) is 6.16. The van der Waals surface area contributed by atoms with Crippen LogP contribution in [0, 0.1) is 0 Å². The van der Waals surface area contributed by atoms with E-state index in [1.165, 1.54) is 28.5 Å². The van der Waals surface area contributed by atoms with Crippen molar-refractivity contribution in [2.75, 3.05) is 36.4 Å². The second-order valence-corrected chi connectivity index (χ2v) is 8.72. The maximum absolute atomic E-state index is 13.0. The SMILES string of the molecule is O=C(Nc1nc(C(=O)N2CCN(c3cccc(C(F)(F)F)c3)CC2)cs1)c1ccccc1OC(F)(F)F. The van der Waals surface area contributed by atoms with Crippen LogP contribution in [0.15, 0.2) is 53.9 Å². The fraction of sp³-hybridized carbons (Fsp3) is 0.261. The van der Waals surface area contributed by atoms with Crippen LogP contribution in [0.5, 0.6) is 5.75 Å². The second-order valence-electron chi connectivity index (χ2n) is 7.86. The third-order valence-electron chi connectivity index (χ3n) is 5.41. The molecule has 1 N–H and O–H groups in total. The van der Waals surface area contributed by atoms with Gasteiger partial charge in [-0.25, -0.2) is 4.98 Å². The van der Waals surface area contributed by atoms with E-state index in [4.69, 9.17) is 0 Å². The summed E-state index contributed by atoms with van der Waals surface area (Å²) in [7, 11) is 0. The summed E-state index contributed by atoms with van der Waals surface area (Å²) in [4.78, 5) is 32.6. The van der Waals surface area contributed by atoms with Crippen molar-refractivity contribution in [2.24, 2.45) is 0 Å². The lowest BCUT2D eigenvalue weighted by Gasteiger charge is -2.36. The van der Waals surface area contributed by atoms with E-state index in [9.17, 15) is 35.9 Å². The molecule has 1 aliphatic heterocycles. The first-order chi connectivity index (χ1) is 17.4. The van der Waals surface area contributed by atoms with Gasteiger partial charge in [0.2, 0.25) is 0 Å². The fourth-order valence-electron chi connectivity index (χ4n) is 3.67. The lowest BCUT2D eigenvalue weighted by Crippen LogP contribution is -2.48. The molecule has 0 radical (unpaired) electrons. The Labute approximate surface area is 210 Å². The average Bonchev–Trinajstić information content (AvgIpc) is 3.31. The fourth-order valence-corrected chi connectivity index (χ4v) is 4.35. The molecule has 1 aromatic heterocycles. The first-order valence-corrected chi connectivity index (χ1v) is 11.6. The number of nitrogens with zero attached hydrogens (tertiary/aromatic N) is 3. The molecule has 0 spiro atoms. The van der Waals surface area contributed by atoms with Gasteiger partial charge < -0.3 is 14.5 Å². The third kappa shape index (κ3) is 6.50. The normalized spacial score (nSPS) is 14.4. The molecule has 2 amide bonds. The molecule has 1 aliphatic rings. The zero-order valence-electron chi connectivity index (χ0n) is 18.8. The average molecular weight is 544 g/mol. The highest BCUT2D eigenvalue weighted by atomic mass is 32.1. The number of thiazole rings is 1. The predicted octanol–water partition coefficient (Wildman–Crippen LogP) is 5.28. The molecule has 196 valence electrons. The van der Waals surface area contributed by atoms with E-state index in [0.29, 0.717) is 18.8 Å². The van der Waals surface area contributed by atoms with Crippen molar-refractivity contribution in [3.63, 3.8) is 0 Å². The number of aromatic nitrogens is 1. The molecule has 14 heteroatoms. The molecule has 0 aliphatic carbocycles. The number of benzene rings is 2. The molecule has 0 saturated carbocycles. The highest BCUT2D eigenvalue weighted by Crippen LogP contribution is 2.32. The van der Waals surface area contributed by atoms with Gasteiger partial charge in [0, 0.05) is 37.2 Å². The topological polar surface area (TPSA) is 74.8 Å². The number of para-hydroxylation sites is 1. The van der Waals surface area contributed by atoms with E-state index in [2.05, 4.69) is 15.0 Å². The maximum Gasteiger partial charge on any atom is 0.573 e. The highest BCUT2D eigenvalue weighted by Gasteiger charge is 2.33. The summed E-state index contributed by atoms with van der Waals surface area (Å²) >= 11 is 0.915. The second kappa shape index (κ2) is 10.3. The molecule has 1 fully saturated rings. The Kier molecular flexibility index (Phi) is 7.30. The van der Waals surface area contributed by atoms with Crippen molar-refractivity contribution in [3.05, 3.63) is 70.7 Å². The van der Waals surface area contributed by atoms with Crippen LogP contribution < -0.4 is 15.0 Å².